The summed E-state index contributed by atoms with van der Waals surface area (Å²) in [5.41, 5.74) is -0.694. The van der Waals surface area contributed by atoms with E-state index in [-0.39, 0.29) is 18.9 Å². The number of hydrogen-bond donors (Lipinski definition) is 1. The molecule has 1 heterocycles. The first-order valence-corrected chi connectivity index (χ1v) is 7.38. The molecule has 0 bridgehead atoms. The number of carbonyl (C=O) groups excluding carboxylic acids is 1. The first kappa shape index (κ1) is 17.1. The van der Waals surface area contributed by atoms with E-state index in [9.17, 15) is 22.4 Å². The number of halogens is 4. The average Bonchev–Trinajstić information content (AvgIpc) is 3.01. The van der Waals surface area contributed by atoms with Crippen molar-refractivity contribution in [3.8, 4) is 11.5 Å². The first-order valence-electron chi connectivity index (χ1n) is 7.38. The summed E-state index contributed by atoms with van der Waals surface area (Å²) in [5, 5.41) is 2.34. The highest BCUT2D eigenvalue weighted by Crippen LogP contribution is 2.34. The van der Waals surface area contributed by atoms with Crippen molar-refractivity contribution in [3.63, 3.8) is 0 Å². The van der Waals surface area contributed by atoms with E-state index in [2.05, 4.69) is 5.32 Å². The van der Waals surface area contributed by atoms with Crippen molar-refractivity contribution in [2.24, 2.45) is 0 Å². The number of hydrogen-bond acceptors (Lipinski definition) is 3. The van der Waals surface area contributed by atoms with Crippen LogP contribution in [0.2, 0.25) is 0 Å². The van der Waals surface area contributed by atoms with Crippen molar-refractivity contribution in [1.82, 2.24) is 0 Å². The summed E-state index contributed by atoms with van der Waals surface area (Å²) in [7, 11) is 0. The summed E-state index contributed by atoms with van der Waals surface area (Å²) in [5.74, 6) is -0.645. The molecule has 1 N–H and O–H groups in total. The van der Waals surface area contributed by atoms with Crippen LogP contribution in [0.3, 0.4) is 0 Å². The number of fused-ring (bicyclic) bond motifs is 1. The normalized spacial score (nSPS) is 13.0. The zero-order chi connectivity index (χ0) is 18.0. The Morgan fingerprint density at radius 1 is 1.08 bits per heavy atom. The Morgan fingerprint density at radius 3 is 2.60 bits per heavy atom. The van der Waals surface area contributed by atoms with Gasteiger partial charge in [-0.3, -0.25) is 4.79 Å². The van der Waals surface area contributed by atoms with E-state index in [1.165, 1.54) is 0 Å². The van der Waals surface area contributed by atoms with E-state index in [0.717, 1.165) is 11.6 Å². The van der Waals surface area contributed by atoms with Crippen molar-refractivity contribution >= 4 is 11.6 Å². The van der Waals surface area contributed by atoms with Crippen LogP contribution in [0.4, 0.5) is 23.2 Å². The van der Waals surface area contributed by atoms with Crippen molar-refractivity contribution in [3.05, 3.63) is 53.3 Å². The van der Waals surface area contributed by atoms with Crippen LogP contribution in [-0.4, -0.2) is 12.7 Å². The number of benzene rings is 2. The third kappa shape index (κ3) is 4.01. The third-order valence-electron chi connectivity index (χ3n) is 3.63. The van der Waals surface area contributed by atoms with Crippen LogP contribution in [0, 0.1) is 5.82 Å². The van der Waals surface area contributed by atoms with Crippen molar-refractivity contribution in [1.29, 1.82) is 0 Å². The molecule has 8 heteroatoms. The Balaban J connectivity index is 1.61. The second kappa shape index (κ2) is 6.62. The summed E-state index contributed by atoms with van der Waals surface area (Å²) in [6.45, 7) is 0.144. The molecule has 25 heavy (non-hydrogen) atoms. The molecular weight excluding hydrogens is 342 g/mol. The SMILES string of the molecule is O=C(CCc1ccc2c(c1)OCO2)Nc1ccc(F)c(C(F)(F)F)c1. The van der Waals surface area contributed by atoms with Crippen molar-refractivity contribution in [2.75, 3.05) is 12.1 Å². The highest BCUT2D eigenvalue weighted by Gasteiger charge is 2.34. The van der Waals surface area contributed by atoms with Gasteiger partial charge in [-0.05, 0) is 42.3 Å². The highest BCUT2D eigenvalue weighted by atomic mass is 19.4. The van der Waals surface area contributed by atoms with Crippen molar-refractivity contribution < 1.29 is 31.8 Å². The molecule has 0 saturated heterocycles. The lowest BCUT2D eigenvalue weighted by Gasteiger charge is -2.11. The van der Waals surface area contributed by atoms with Gasteiger partial charge in [0.15, 0.2) is 11.5 Å². The van der Waals surface area contributed by atoms with E-state index >= 15 is 0 Å². The number of alkyl halides is 3. The molecular formula is C17H13F4NO3. The van der Waals surface area contributed by atoms with Gasteiger partial charge in [0.25, 0.3) is 0 Å². The van der Waals surface area contributed by atoms with Crippen LogP contribution in [-0.2, 0) is 17.4 Å². The van der Waals surface area contributed by atoms with Crippen molar-refractivity contribution in [2.45, 2.75) is 19.0 Å². The minimum Gasteiger partial charge on any atom is -0.454 e. The molecule has 0 unspecified atom stereocenters. The predicted molar refractivity (Wildman–Crippen MR) is 80.9 cm³/mol. The van der Waals surface area contributed by atoms with E-state index in [0.29, 0.717) is 30.1 Å². The number of nitrogens with one attached hydrogen (secondary N) is 1. The minimum absolute atomic E-state index is 0.0539. The van der Waals surface area contributed by atoms with Gasteiger partial charge in [-0.15, -0.1) is 0 Å². The molecule has 2 aromatic rings. The summed E-state index contributed by atoms with van der Waals surface area (Å²) < 4.78 is 61.7. The van der Waals surface area contributed by atoms with Gasteiger partial charge in [0.05, 0.1) is 5.56 Å². The molecule has 1 aliphatic rings. The van der Waals surface area contributed by atoms with Crippen LogP contribution >= 0.6 is 0 Å². The zero-order valence-electron chi connectivity index (χ0n) is 12.8. The van der Waals surface area contributed by atoms with Crippen LogP contribution < -0.4 is 14.8 Å². The van der Waals surface area contributed by atoms with Gasteiger partial charge in [-0.25, -0.2) is 4.39 Å². The van der Waals surface area contributed by atoms with E-state index in [1.54, 1.807) is 18.2 Å². The Bertz CT molecular complexity index is 805. The lowest BCUT2D eigenvalue weighted by Crippen LogP contribution is -2.14. The quantitative estimate of drug-likeness (QED) is 0.839. The minimum atomic E-state index is -4.82. The summed E-state index contributed by atoms with van der Waals surface area (Å²) in [6.07, 6.45) is -4.40. The number of anilines is 1. The molecule has 3 rings (SSSR count). The Labute approximate surface area is 140 Å². The van der Waals surface area contributed by atoms with Gasteiger partial charge < -0.3 is 14.8 Å². The maximum absolute atomic E-state index is 13.2. The molecule has 0 saturated carbocycles. The van der Waals surface area contributed by atoms with Gasteiger partial charge in [0, 0.05) is 12.1 Å². The molecule has 132 valence electrons. The van der Waals surface area contributed by atoms with Gasteiger partial charge in [0.1, 0.15) is 5.82 Å². The molecule has 2 aromatic carbocycles. The molecule has 1 amide bonds. The van der Waals surface area contributed by atoms with Crippen LogP contribution in [0.5, 0.6) is 11.5 Å². The topological polar surface area (TPSA) is 47.6 Å². The Kier molecular flexibility index (Phi) is 4.52. The Morgan fingerprint density at radius 2 is 1.84 bits per heavy atom. The standard InChI is InChI=1S/C17H13F4NO3/c18-13-4-3-11(8-12(13)17(19,20)21)22-16(23)6-2-10-1-5-14-15(7-10)25-9-24-14/h1,3-5,7-8H,2,6,9H2,(H,22,23). The number of carbonyl (C=O) groups is 1. The first-order chi connectivity index (χ1) is 11.8. The van der Waals surface area contributed by atoms with Crippen LogP contribution in [0.1, 0.15) is 17.5 Å². The smallest absolute Gasteiger partial charge is 0.419 e. The third-order valence-corrected chi connectivity index (χ3v) is 3.63. The number of rotatable bonds is 4. The maximum atomic E-state index is 13.2. The van der Waals surface area contributed by atoms with Gasteiger partial charge in [-0.2, -0.15) is 13.2 Å². The van der Waals surface area contributed by atoms with Gasteiger partial charge in [0.2, 0.25) is 12.7 Å². The molecule has 0 atom stereocenters. The fourth-order valence-electron chi connectivity index (χ4n) is 2.40. The van der Waals surface area contributed by atoms with E-state index < -0.39 is 23.5 Å². The summed E-state index contributed by atoms with van der Waals surface area (Å²) in [4.78, 5) is 11.9. The monoisotopic (exact) mass is 355 g/mol. The predicted octanol–water partition coefficient (Wildman–Crippen LogP) is 4.14. The van der Waals surface area contributed by atoms with E-state index in [4.69, 9.17) is 9.47 Å². The summed E-state index contributed by atoms with van der Waals surface area (Å²) >= 11 is 0. The molecule has 0 aromatic heterocycles. The molecule has 4 nitrogen and oxygen atoms in total. The molecule has 0 radical (unpaired) electrons. The second-order valence-electron chi connectivity index (χ2n) is 5.43. The fraction of sp³-hybridized carbons (Fsp3) is 0.235. The zero-order valence-corrected chi connectivity index (χ0v) is 12.8. The fourth-order valence-corrected chi connectivity index (χ4v) is 2.40. The molecule has 0 fully saturated rings. The van der Waals surface area contributed by atoms with E-state index in [1.807, 2.05) is 0 Å². The second-order valence-corrected chi connectivity index (χ2v) is 5.43. The van der Waals surface area contributed by atoms with Gasteiger partial charge >= 0.3 is 6.18 Å². The largest absolute Gasteiger partial charge is 0.454 e. The number of amides is 1. The average molecular weight is 355 g/mol. The Hall–Kier alpha value is -2.77. The lowest BCUT2D eigenvalue weighted by atomic mass is 10.1. The number of aryl methyl sites for hydroxylation is 1. The maximum Gasteiger partial charge on any atom is 0.419 e. The van der Waals surface area contributed by atoms with Crippen LogP contribution in [0.15, 0.2) is 36.4 Å². The summed E-state index contributed by atoms with van der Waals surface area (Å²) in [6, 6.07) is 7.59. The molecule has 0 aliphatic carbocycles. The molecule has 1 aliphatic heterocycles. The number of ether oxygens (including phenoxy) is 2. The molecule has 0 spiro atoms. The van der Waals surface area contributed by atoms with Crippen LogP contribution in [0.25, 0.3) is 0 Å². The lowest BCUT2D eigenvalue weighted by molar-refractivity contribution is -0.140. The van der Waals surface area contributed by atoms with Gasteiger partial charge in [-0.1, -0.05) is 6.07 Å². The highest BCUT2D eigenvalue weighted by molar-refractivity contribution is 5.90.